The molecule has 0 fully saturated rings. The first-order valence-electron chi connectivity index (χ1n) is 7.43. The van der Waals surface area contributed by atoms with Gasteiger partial charge in [0.1, 0.15) is 11.9 Å². The van der Waals surface area contributed by atoms with Crippen LogP contribution in [0.4, 0.5) is 0 Å². The van der Waals surface area contributed by atoms with Crippen molar-refractivity contribution in [3.63, 3.8) is 0 Å². The van der Waals surface area contributed by atoms with Crippen molar-refractivity contribution >= 4 is 12.4 Å². The molecule has 0 amide bonds. The SMILES string of the molecule is CC(C)NC[C@H]1Oc2ccccc2[C@@H](c2ccccc2)O1.Cl. The number of hydrogen-bond donors (Lipinski definition) is 1. The van der Waals surface area contributed by atoms with Gasteiger partial charge in [-0.2, -0.15) is 0 Å². The maximum atomic E-state index is 6.16. The van der Waals surface area contributed by atoms with Gasteiger partial charge in [0, 0.05) is 11.6 Å². The molecule has 1 heterocycles. The van der Waals surface area contributed by atoms with Crippen LogP contribution in [0.3, 0.4) is 0 Å². The highest BCUT2D eigenvalue weighted by Crippen LogP contribution is 2.38. The Kier molecular flexibility index (Phi) is 5.83. The second-order valence-corrected chi connectivity index (χ2v) is 5.57. The van der Waals surface area contributed by atoms with Crippen LogP contribution in [0.2, 0.25) is 0 Å². The number of fused-ring (bicyclic) bond motifs is 1. The van der Waals surface area contributed by atoms with Crippen molar-refractivity contribution in [2.75, 3.05) is 6.54 Å². The molecule has 3 rings (SSSR count). The third kappa shape index (κ3) is 3.80. The van der Waals surface area contributed by atoms with Gasteiger partial charge in [-0.15, -0.1) is 12.4 Å². The lowest BCUT2D eigenvalue weighted by molar-refractivity contribution is -0.125. The maximum Gasteiger partial charge on any atom is 0.213 e. The molecule has 4 heteroatoms. The third-order valence-corrected chi connectivity index (χ3v) is 3.54. The van der Waals surface area contributed by atoms with Crippen LogP contribution in [0, 0.1) is 0 Å². The van der Waals surface area contributed by atoms with Gasteiger partial charge in [0.15, 0.2) is 0 Å². The van der Waals surface area contributed by atoms with E-state index in [1.165, 1.54) is 0 Å². The summed E-state index contributed by atoms with van der Waals surface area (Å²) in [5.41, 5.74) is 2.24. The van der Waals surface area contributed by atoms with Crippen LogP contribution in [0.1, 0.15) is 31.1 Å². The predicted octanol–water partition coefficient (Wildman–Crippen LogP) is 3.93. The Morgan fingerprint density at radius 3 is 2.41 bits per heavy atom. The summed E-state index contributed by atoms with van der Waals surface area (Å²) in [6, 6.07) is 18.8. The molecular weight excluding hydrogens is 298 g/mol. The summed E-state index contributed by atoms with van der Waals surface area (Å²) in [5.74, 6) is 0.910. The summed E-state index contributed by atoms with van der Waals surface area (Å²) in [5, 5.41) is 3.37. The molecule has 0 unspecified atom stereocenters. The third-order valence-electron chi connectivity index (χ3n) is 3.54. The number of ether oxygens (including phenoxy) is 2. The van der Waals surface area contributed by atoms with E-state index in [1.54, 1.807) is 0 Å². The molecule has 1 N–H and O–H groups in total. The molecule has 2 aromatic rings. The molecule has 118 valence electrons. The summed E-state index contributed by atoms with van der Waals surface area (Å²) in [7, 11) is 0. The summed E-state index contributed by atoms with van der Waals surface area (Å²) in [4.78, 5) is 0. The Labute approximate surface area is 138 Å². The highest BCUT2D eigenvalue weighted by Gasteiger charge is 2.29. The fourth-order valence-corrected chi connectivity index (χ4v) is 2.51. The van der Waals surface area contributed by atoms with Crippen molar-refractivity contribution in [2.24, 2.45) is 0 Å². The molecule has 1 aliphatic heterocycles. The number of nitrogens with one attached hydrogen (secondary N) is 1. The van der Waals surface area contributed by atoms with Gasteiger partial charge in [0.2, 0.25) is 6.29 Å². The van der Waals surface area contributed by atoms with Gasteiger partial charge in [0.05, 0.1) is 6.54 Å². The fourth-order valence-electron chi connectivity index (χ4n) is 2.51. The van der Waals surface area contributed by atoms with Crippen molar-refractivity contribution in [2.45, 2.75) is 32.3 Å². The minimum absolute atomic E-state index is 0. The van der Waals surface area contributed by atoms with Gasteiger partial charge in [0.25, 0.3) is 0 Å². The average Bonchev–Trinajstić information content (AvgIpc) is 2.53. The molecule has 1 aliphatic rings. The number of benzene rings is 2. The largest absolute Gasteiger partial charge is 0.463 e. The van der Waals surface area contributed by atoms with E-state index in [0.29, 0.717) is 12.6 Å². The molecular formula is C18H22ClNO2. The van der Waals surface area contributed by atoms with E-state index >= 15 is 0 Å². The second kappa shape index (κ2) is 7.63. The lowest BCUT2D eigenvalue weighted by Gasteiger charge is -2.33. The Morgan fingerprint density at radius 2 is 1.68 bits per heavy atom. The van der Waals surface area contributed by atoms with Crippen molar-refractivity contribution < 1.29 is 9.47 Å². The van der Waals surface area contributed by atoms with E-state index in [-0.39, 0.29) is 24.8 Å². The topological polar surface area (TPSA) is 30.5 Å². The number of halogens is 1. The predicted molar refractivity (Wildman–Crippen MR) is 90.6 cm³/mol. The molecule has 0 aliphatic carbocycles. The van der Waals surface area contributed by atoms with Gasteiger partial charge >= 0.3 is 0 Å². The van der Waals surface area contributed by atoms with E-state index in [2.05, 4.69) is 37.4 Å². The number of hydrogen-bond acceptors (Lipinski definition) is 3. The van der Waals surface area contributed by atoms with Crippen molar-refractivity contribution in [1.29, 1.82) is 0 Å². The van der Waals surface area contributed by atoms with E-state index in [1.807, 2.05) is 36.4 Å². The Bertz CT molecular complexity index is 589. The standard InChI is InChI=1S/C18H21NO2.ClH/c1-13(2)19-12-17-20-16-11-7-6-10-15(16)18(21-17)14-8-4-3-5-9-14;/h3-11,13,17-19H,12H2,1-2H3;1H/t17-,18+;/m0./s1. The molecule has 2 atom stereocenters. The molecule has 0 radical (unpaired) electrons. The minimum Gasteiger partial charge on any atom is -0.463 e. The van der Waals surface area contributed by atoms with Gasteiger partial charge in [-0.25, -0.2) is 0 Å². The van der Waals surface area contributed by atoms with E-state index in [0.717, 1.165) is 16.9 Å². The van der Waals surface area contributed by atoms with E-state index < -0.39 is 0 Å². The van der Waals surface area contributed by atoms with Gasteiger partial charge in [-0.05, 0) is 11.6 Å². The number of rotatable bonds is 4. The Morgan fingerprint density at radius 1 is 1.00 bits per heavy atom. The first kappa shape index (κ1) is 16.8. The monoisotopic (exact) mass is 319 g/mol. The zero-order valence-corrected chi connectivity index (χ0v) is 13.7. The normalized spacial score (nSPS) is 20.0. The zero-order chi connectivity index (χ0) is 14.7. The maximum absolute atomic E-state index is 6.16. The first-order valence-corrected chi connectivity index (χ1v) is 7.43. The zero-order valence-electron chi connectivity index (χ0n) is 12.9. The Hall–Kier alpha value is -1.55. The van der Waals surface area contributed by atoms with Crippen LogP contribution in [0.25, 0.3) is 0 Å². The van der Waals surface area contributed by atoms with Gasteiger partial charge in [-0.3, -0.25) is 0 Å². The highest BCUT2D eigenvalue weighted by atomic mass is 35.5. The van der Waals surface area contributed by atoms with Crippen LogP contribution < -0.4 is 10.1 Å². The molecule has 0 saturated carbocycles. The summed E-state index contributed by atoms with van der Waals surface area (Å²) in [6.45, 7) is 4.91. The van der Waals surface area contributed by atoms with Crippen LogP contribution >= 0.6 is 12.4 Å². The molecule has 0 bridgehead atoms. The molecule has 0 aromatic heterocycles. The molecule has 2 aromatic carbocycles. The molecule has 22 heavy (non-hydrogen) atoms. The molecule has 3 nitrogen and oxygen atoms in total. The van der Waals surface area contributed by atoms with Gasteiger partial charge in [-0.1, -0.05) is 62.4 Å². The lowest BCUT2D eigenvalue weighted by Crippen LogP contribution is -2.40. The first-order chi connectivity index (χ1) is 10.2. The summed E-state index contributed by atoms with van der Waals surface area (Å²) in [6.07, 6.45) is -0.345. The Balaban J connectivity index is 0.00000176. The highest BCUT2D eigenvalue weighted by molar-refractivity contribution is 5.85. The molecule has 0 saturated heterocycles. The van der Waals surface area contributed by atoms with Crippen LogP contribution in [0.15, 0.2) is 54.6 Å². The van der Waals surface area contributed by atoms with Crippen molar-refractivity contribution in [1.82, 2.24) is 5.32 Å². The average molecular weight is 320 g/mol. The van der Waals surface area contributed by atoms with E-state index in [4.69, 9.17) is 9.47 Å². The van der Waals surface area contributed by atoms with Gasteiger partial charge < -0.3 is 14.8 Å². The minimum atomic E-state index is -0.271. The number of para-hydroxylation sites is 1. The second-order valence-electron chi connectivity index (χ2n) is 5.57. The molecule has 0 spiro atoms. The van der Waals surface area contributed by atoms with Crippen molar-refractivity contribution in [3.8, 4) is 5.75 Å². The van der Waals surface area contributed by atoms with Crippen LogP contribution in [-0.2, 0) is 4.74 Å². The quantitative estimate of drug-likeness (QED) is 0.926. The van der Waals surface area contributed by atoms with Crippen LogP contribution in [0.5, 0.6) is 5.75 Å². The summed E-state index contributed by atoms with van der Waals surface area (Å²) < 4.78 is 12.1. The van der Waals surface area contributed by atoms with E-state index in [9.17, 15) is 0 Å². The van der Waals surface area contributed by atoms with Crippen LogP contribution in [-0.4, -0.2) is 18.9 Å². The summed E-state index contributed by atoms with van der Waals surface area (Å²) >= 11 is 0. The smallest absolute Gasteiger partial charge is 0.213 e. The fraction of sp³-hybridized carbons (Fsp3) is 0.333. The lowest BCUT2D eigenvalue weighted by atomic mass is 9.99. The van der Waals surface area contributed by atoms with Crippen molar-refractivity contribution in [3.05, 3.63) is 65.7 Å².